The molecule has 5 heteroatoms. The fourth-order valence-electron chi connectivity index (χ4n) is 1.22. The largest absolute Gasteiger partial charge is 0.378 e. The van der Waals surface area contributed by atoms with Gasteiger partial charge >= 0.3 is 0 Å². The lowest BCUT2D eigenvalue weighted by molar-refractivity contribution is 0.0920. The molecule has 0 radical (unpaired) electrons. The summed E-state index contributed by atoms with van der Waals surface area (Å²) in [5.74, 6) is 1.82. The number of aromatic nitrogens is 3. The molecule has 0 aliphatic heterocycles. The first-order chi connectivity index (χ1) is 7.65. The highest BCUT2D eigenvalue weighted by atomic mass is 32.2. The van der Waals surface area contributed by atoms with E-state index in [-0.39, 0.29) is 6.10 Å². The van der Waals surface area contributed by atoms with Crippen LogP contribution in [-0.2, 0) is 11.3 Å². The van der Waals surface area contributed by atoms with Gasteiger partial charge in [-0.25, -0.2) is 0 Å². The molecule has 0 aliphatic carbocycles. The van der Waals surface area contributed by atoms with Crippen molar-refractivity contribution in [1.82, 2.24) is 14.8 Å². The molecule has 0 bridgehead atoms. The average Bonchev–Trinajstić information content (AvgIpc) is 2.56. The van der Waals surface area contributed by atoms with Crippen molar-refractivity contribution in [2.24, 2.45) is 0 Å². The number of aryl methyl sites for hydroxylation is 1. The van der Waals surface area contributed by atoms with Gasteiger partial charge in [0.2, 0.25) is 0 Å². The highest BCUT2D eigenvalue weighted by molar-refractivity contribution is 7.99. The van der Waals surface area contributed by atoms with Crippen LogP contribution in [0.2, 0.25) is 0 Å². The monoisotopic (exact) mass is 241 g/mol. The summed E-state index contributed by atoms with van der Waals surface area (Å²) in [5.41, 5.74) is 0. The topological polar surface area (TPSA) is 39.9 Å². The Hall–Kier alpha value is -0.810. The first kappa shape index (κ1) is 13.3. The Kier molecular flexibility index (Phi) is 5.55. The second kappa shape index (κ2) is 6.70. The van der Waals surface area contributed by atoms with E-state index >= 15 is 0 Å². The summed E-state index contributed by atoms with van der Waals surface area (Å²) < 4.78 is 7.52. The van der Waals surface area contributed by atoms with Crippen molar-refractivity contribution >= 4 is 11.8 Å². The molecule has 0 amide bonds. The third-order valence-corrected chi connectivity index (χ3v) is 2.91. The van der Waals surface area contributed by atoms with Crippen molar-refractivity contribution in [1.29, 1.82) is 0 Å². The number of rotatable bonds is 7. The fraction of sp³-hybridized carbons (Fsp3) is 0.636. The number of hydrogen-bond donors (Lipinski definition) is 0. The molecule has 90 valence electrons. The van der Waals surface area contributed by atoms with E-state index in [9.17, 15) is 0 Å². The van der Waals surface area contributed by atoms with Crippen LogP contribution in [0.3, 0.4) is 0 Å². The molecular weight excluding hydrogens is 222 g/mol. The van der Waals surface area contributed by atoms with E-state index in [0.717, 1.165) is 29.9 Å². The van der Waals surface area contributed by atoms with E-state index in [2.05, 4.69) is 16.8 Å². The van der Waals surface area contributed by atoms with E-state index in [1.54, 1.807) is 11.8 Å². The summed E-state index contributed by atoms with van der Waals surface area (Å²) >= 11 is 1.67. The van der Waals surface area contributed by atoms with Gasteiger partial charge in [-0.05, 0) is 20.8 Å². The second-order valence-electron chi connectivity index (χ2n) is 3.70. The van der Waals surface area contributed by atoms with Gasteiger partial charge in [0.15, 0.2) is 5.16 Å². The summed E-state index contributed by atoms with van der Waals surface area (Å²) in [5, 5.41) is 9.11. The molecule has 0 spiro atoms. The van der Waals surface area contributed by atoms with Crippen LogP contribution in [0.1, 0.15) is 19.7 Å². The number of allylic oxidation sites excluding steroid dienone is 1. The highest BCUT2D eigenvalue weighted by Gasteiger charge is 2.07. The number of hydrogen-bond acceptors (Lipinski definition) is 4. The number of nitrogens with zero attached hydrogens (tertiary/aromatic N) is 3. The van der Waals surface area contributed by atoms with Crippen LogP contribution in [0.4, 0.5) is 0 Å². The zero-order valence-electron chi connectivity index (χ0n) is 10.1. The SMILES string of the molecule is C=CCn1c(C)nnc1SCCOC(C)C. The summed E-state index contributed by atoms with van der Waals surface area (Å²) in [6.07, 6.45) is 2.14. The van der Waals surface area contributed by atoms with E-state index in [0.29, 0.717) is 0 Å². The van der Waals surface area contributed by atoms with Gasteiger partial charge in [-0.15, -0.1) is 16.8 Å². The predicted octanol–water partition coefficient (Wildman–Crippen LogP) is 2.29. The molecule has 0 aromatic carbocycles. The minimum atomic E-state index is 0.286. The third-order valence-electron chi connectivity index (χ3n) is 1.98. The van der Waals surface area contributed by atoms with Gasteiger partial charge in [0, 0.05) is 12.3 Å². The van der Waals surface area contributed by atoms with Crippen LogP contribution in [0.25, 0.3) is 0 Å². The van der Waals surface area contributed by atoms with Crippen molar-refractivity contribution in [2.45, 2.75) is 38.6 Å². The predicted molar refractivity (Wildman–Crippen MR) is 66.8 cm³/mol. The third kappa shape index (κ3) is 3.98. The molecule has 0 N–H and O–H groups in total. The first-order valence-corrected chi connectivity index (χ1v) is 6.38. The normalized spacial score (nSPS) is 11.0. The number of ether oxygens (including phenoxy) is 1. The van der Waals surface area contributed by atoms with E-state index in [1.807, 2.05) is 31.4 Å². The molecule has 1 aromatic rings. The Labute approximate surface area is 101 Å². The van der Waals surface area contributed by atoms with Gasteiger partial charge in [0.25, 0.3) is 0 Å². The standard InChI is InChI=1S/C11H19N3OS/c1-5-6-14-10(4)12-13-11(14)16-8-7-15-9(2)3/h5,9H,1,6-8H2,2-4H3. The minimum Gasteiger partial charge on any atom is -0.378 e. The Morgan fingerprint density at radius 1 is 1.50 bits per heavy atom. The molecule has 1 aromatic heterocycles. The van der Waals surface area contributed by atoms with Crippen LogP contribution in [0.5, 0.6) is 0 Å². The molecule has 16 heavy (non-hydrogen) atoms. The Morgan fingerprint density at radius 2 is 2.25 bits per heavy atom. The maximum absolute atomic E-state index is 5.47. The van der Waals surface area contributed by atoms with E-state index in [4.69, 9.17) is 4.74 Å². The van der Waals surface area contributed by atoms with Crippen molar-refractivity contribution in [3.63, 3.8) is 0 Å². The lowest BCUT2D eigenvalue weighted by atomic mass is 10.5. The van der Waals surface area contributed by atoms with Crippen molar-refractivity contribution in [3.05, 3.63) is 18.5 Å². The van der Waals surface area contributed by atoms with Gasteiger partial charge < -0.3 is 9.30 Å². The quantitative estimate of drug-likeness (QED) is 0.417. The van der Waals surface area contributed by atoms with Crippen molar-refractivity contribution in [2.75, 3.05) is 12.4 Å². The molecule has 0 atom stereocenters. The van der Waals surface area contributed by atoms with Crippen LogP contribution in [-0.4, -0.2) is 33.2 Å². The molecule has 1 heterocycles. The molecule has 1 rings (SSSR count). The van der Waals surface area contributed by atoms with Crippen molar-refractivity contribution in [3.8, 4) is 0 Å². The van der Waals surface area contributed by atoms with E-state index in [1.165, 1.54) is 0 Å². The maximum Gasteiger partial charge on any atom is 0.191 e. The van der Waals surface area contributed by atoms with Crippen LogP contribution >= 0.6 is 11.8 Å². The number of thioether (sulfide) groups is 1. The lowest BCUT2D eigenvalue weighted by Crippen LogP contribution is -2.06. The molecule has 4 nitrogen and oxygen atoms in total. The van der Waals surface area contributed by atoms with Gasteiger partial charge in [0.05, 0.1) is 12.7 Å². The average molecular weight is 241 g/mol. The summed E-state index contributed by atoms with van der Waals surface area (Å²) in [6.45, 7) is 11.2. The lowest BCUT2D eigenvalue weighted by Gasteiger charge is -2.07. The fourth-order valence-corrected chi connectivity index (χ4v) is 2.05. The highest BCUT2D eigenvalue weighted by Crippen LogP contribution is 2.16. The summed E-state index contributed by atoms with van der Waals surface area (Å²) in [4.78, 5) is 0. The molecular formula is C11H19N3OS. The molecule has 0 saturated carbocycles. The second-order valence-corrected chi connectivity index (χ2v) is 4.76. The van der Waals surface area contributed by atoms with Gasteiger partial charge in [-0.2, -0.15) is 0 Å². The van der Waals surface area contributed by atoms with Gasteiger partial charge in [-0.1, -0.05) is 17.8 Å². The maximum atomic E-state index is 5.47. The molecule has 0 aliphatic rings. The summed E-state index contributed by atoms with van der Waals surface area (Å²) in [6, 6.07) is 0. The zero-order valence-corrected chi connectivity index (χ0v) is 11.0. The molecule has 0 fully saturated rings. The van der Waals surface area contributed by atoms with Crippen molar-refractivity contribution < 1.29 is 4.74 Å². The zero-order chi connectivity index (χ0) is 12.0. The van der Waals surface area contributed by atoms with Crippen LogP contribution in [0.15, 0.2) is 17.8 Å². The van der Waals surface area contributed by atoms with Crippen LogP contribution in [0, 0.1) is 6.92 Å². The minimum absolute atomic E-state index is 0.286. The molecule has 0 unspecified atom stereocenters. The van der Waals surface area contributed by atoms with E-state index < -0.39 is 0 Å². The van der Waals surface area contributed by atoms with Gasteiger partial charge in [0.1, 0.15) is 5.82 Å². The van der Waals surface area contributed by atoms with Crippen LogP contribution < -0.4 is 0 Å². The smallest absolute Gasteiger partial charge is 0.191 e. The first-order valence-electron chi connectivity index (χ1n) is 5.40. The Bertz CT molecular complexity index is 336. The molecule has 0 saturated heterocycles. The van der Waals surface area contributed by atoms with Gasteiger partial charge in [-0.3, -0.25) is 0 Å². The Balaban J connectivity index is 2.44. The summed E-state index contributed by atoms with van der Waals surface area (Å²) in [7, 11) is 0. The Morgan fingerprint density at radius 3 is 2.88 bits per heavy atom.